The summed E-state index contributed by atoms with van der Waals surface area (Å²) in [7, 11) is 3.26. The number of fused-ring (bicyclic) bond motifs is 1. The molecule has 0 bridgehead atoms. The van der Waals surface area contributed by atoms with Gasteiger partial charge in [-0.2, -0.15) is 9.61 Å². The smallest absolute Gasteiger partial charge is 0.161 e. The van der Waals surface area contributed by atoms with Crippen LogP contribution in [-0.2, 0) is 6.54 Å². The third-order valence-electron chi connectivity index (χ3n) is 4.26. The highest BCUT2D eigenvalue weighted by Crippen LogP contribution is 2.28. The van der Waals surface area contributed by atoms with Crippen LogP contribution >= 0.6 is 0 Å². The van der Waals surface area contributed by atoms with Gasteiger partial charge in [-0.1, -0.05) is 6.07 Å². The van der Waals surface area contributed by atoms with Gasteiger partial charge in [0.1, 0.15) is 5.82 Å². The Kier molecular flexibility index (Phi) is 4.57. The summed E-state index contributed by atoms with van der Waals surface area (Å²) in [4.78, 5) is 8.74. The first-order valence-electron chi connectivity index (χ1n) is 8.48. The third-order valence-corrected chi connectivity index (χ3v) is 4.26. The Labute approximate surface area is 156 Å². The second-order valence-corrected chi connectivity index (χ2v) is 5.91. The molecule has 3 aromatic heterocycles. The van der Waals surface area contributed by atoms with Crippen LogP contribution in [0.15, 0.2) is 61.1 Å². The van der Waals surface area contributed by atoms with Crippen LogP contribution in [0.5, 0.6) is 11.5 Å². The average molecular weight is 361 g/mol. The molecule has 0 saturated carbocycles. The second-order valence-electron chi connectivity index (χ2n) is 5.91. The van der Waals surface area contributed by atoms with Crippen molar-refractivity contribution in [1.29, 1.82) is 0 Å². The molecule has 0 amide bonds. The number of hydrogen-bond acceptors (Lipinski definition) is 6. The van der Waals surface area contributed by atoms with Gasteiger partial charge in [-0.3, -0.25) is 4.98 Å². The molecular formula is C20H19N5O2. The highest BCUT2D eigenvalue weighted by molar-refractivity contribution is 5.66. The van der Waals surface area contributed by atoms with Crippen molar-refractivity contribution in [2.75, 3.05) is 19.5 Å². The average Bonchev–Trinajstić information content (AvgIpc) is 3.21. The van der Waals surface area contributed by atoms with E-state index in [2.05, 4.69) is 20.4 Å². The lowest BCUT2D eigenvalue weighted by atomic mass is 10.2. The number of pyridine rings is 1. The lowest BCUT2D eigenvalue weighted by Gasteiger charge is -2.13. The van der Waals surface area contributed by atoms with Crippen molar-refractivity contribution in [2.24, 2.45) is 0 Å². The van der Waals surface area contributed by atoms with Gasteiger partial charge in [-0.15, -0.1) is 0 Å². The predicted octanol–water partition coefficient (Wildman–Crippen LogP) is 3.42. The molecule has 0 saturated heterocycles. The Hall–Kier alpha value is -3.61. The molecule has 1 N–H and O–H groups in total. The molecule has 0 aliphatic rings. The number of ether oxygens (including phenoxy) is 2. The van der Waals surface area contributed by atoms with E-state index >= 15 is 0 Å². The zero-order valence-electron chi connectivity index (χ0n) is 15.1. The van der Waals surface area contributed by atoms with Gasteiger partial charge in [0.15, 0.2) is 17.1 Å². The Balaban J connectivity index is 1.65. The van der Waals surface area contributed by atoms with Gasteiger partial charge >= 0.3 is 0 Å². The topological polar surface area (TPSA) is 73.6 Å². The van der Waals surface area contributed by atoms with Gasteiger partial charge in [-0.05, 0) is 29.8 Å². The van der Waals surface area contributed by atoms with E-state index in [-0.39, 0.29) is 0 Å². The van der Waals surface area contributed by atoms with E-state index in [4.69, 9.17) is 9.47 Å². The standard InChI is InChI=1S/C20H19N5O2/c1-26-17-4-3-14(11-18(17)27-2)13-22-20-12-16(15-5-8-21-9-6-15)24-19-7-10-23-25(19)20/h3-12,22H,13H2,1-2H3. The highest BCUT2D eigenvalue weighted by atomic mass is 16.5. The molecule has 7 heteroatoms. The summed E-state index contributed by atoms with van der Waals surface area (Å²) in [6.45, 7) is 0.606. The van der Waals surface area contributed by atoms with Crippen LogP contribution in [0, 0.1) is 0 Å². The van der Waals surface area contributed by atoms with Crippen LogP contribution in [0.3, 0.4) is 0 Å². The Bertz CT molecular complexity index is 1060. The fourth-order valence-electron chi connectivity index (χ4n) is 2.89. The highest BCUT2D eigenvalue weighted by Gasteiger charge is 2.09. The van der Waals surface area contributed by atoms with E-state index < -0.39 is 0 Å². The van der Waals surface area contributed by atoms with Crippen LogP contribution in [0.1, 0.15) is 5.56 Å². The fraction of sp³-hybridized carbons (Fsp3) is 0.150. The number of nitrogens with one attached hydrogen (secondary N) is 1. The second kappa shape index (κ2) is 7.33. The first-order valence-corrected chi connectivity index (χ1v) is 8.48. The summed E-state index contributed by atoms with van der Waals surface area (Å²) in [5.41, 5.74) is 3.71. The molecule has 0 aliphatic carbocycles. The van der Waals surface area contributed by atoms with Crippen LogP contribution in [0.2, 0.25) is 0 Å². The molecule has 27 heavy (non-hydrogen) atoms. The van der Waals surface area contributed by atoms with Gasteiger partial charge in [0.2, 0.25) is 0 Å². The van der Waals surface area contributed by atoms with E-state index in [0.29, 0.717) is 18.0 Å². The Morgan fingerprint density at radius 1 is 0.926 bits per heavy atom. The minimum Gasteiger partial charge on any atom is -0.493 e. The molecule has 0 aliphatic heterocycles. The van der Waals surface area contributed by atoms with Gasteiger partial charge in [-0.25, -0.2) is 4.98 Å². The maximum atomic E-state index is 5.38. The van der Waals surface area contributed by atoms with E-state index in [1.54, 1.807) is 37.3 Å². The first-order chi connectivity index (χ1) is 13.3. The quantitative estimate of drug-likeness (QED) is 0.567. The van der Waals surface area contributed by atoms with Crippen molar-refractivity contribution in [3.8, 4) is 22.8 Å². The molecule has 136 valence electrons. The molecule has 4 rings (SSSR count). The summed E-state index contributed by atoms with van der Waals surface area (Å²) in [5, 5.41) is 7.80. The lowest BCUT2D eigenvalue weighted by molar-refractivity contribution is 0.354. The van der Waals surface area contributed by atoms with Crippen LogP contribution in [-0.4, -0.2) is 33.8 Å². The summed E-state index contributed by atoms with van der Waals surface area (Å²) < 4.78 is 12.5. The van der Waals surface area contributed by atoms with Crippen molar-refractivity contribution in [3.63, 3.8) is 0 Å². The maximum absolute atomic E-state index is 5.38. The zero-order chi connectivity index (χ0) is 18.6. The lowest BCUT2D eigenvalue weighted by Crippen LogP contribution is -2.07. The number of rotatable bonds is 6. The zero-order valence-corrected chi connectivity index (χ0v) is 15.1. The molecule has 0 radical (unpaired) electrons. The minimum absolute atomic E-state index is 0.606. The Morgan fingerprint density at radius 2 is 1.74 bits per heavy atom. The van der Waals surface area contributed by atoms with Crippen molar-refractivity contribution in [3.05, 3.63) is 66.6 Å². The molecule has 1 aromatic carbocycles. The largest absolute Gasteiger partial charge is 0.493 e. The predicted molar refractivity (Wildman–Crippen MR) is 103 cm³/mol. The van der Waals surface area contributed by atoms with Crippen molar-refractivity contribution >= 4 is 11.5 Å². The molecule has 0 fully saturated rings. The molecule has 4 aromatic rings. The summed E-state index contributed by atoms with van der Waals surface area (Å²) in [6.07, 6.45) is 5.25. The van der Waals surface area contributed by atoms with Crippen LogP contribution in [0.4, 0.5) is 5.82 Å². The number of hydrogen-bond donors (Lipinski definition) is 1. The number of aromatic nitrogens is 4. The van der Waals surface area contributed by atoms with Crippen LogP contribution in [0.25, 0.3) is 16.9 Å². The number of anilines is 1. The number of benzene rings is 1. The van der Waals surface area contributed by atoms with Crippen molar-refractivity contribution < 1.29 is 9.47 Å². The van der Waals surface area contributed by atoms with E-state index in [1.165, 1.54) is 0 Å². The molecule has 0 spiro atoms. The van der Waals surface area contributed by atoms with Gasteiger partial charge in [0.25, 0.3) is 0 Å². The normalized spacial score (nSPS) is 10.7. The first kappa shape index (κ1) is 16.8. The summed E-state index contributed by atoms with van der Waals surface area (Å²) >= 11 is 0. The number of methoxy groups -OCH3 is 2. The van der Waals surface area contributed by atoms with Crippen molar-refractivity contribution in [1.82, 2.24) is 19.6 Å². The number of nitrogens with zero attached hydrogens (tertiary/aromatic N) is 4. The summed E-state index contributed by atoms with van der Waals surface area (Å²) in [5.74, 6) is 2.26. The van der Waals surface area contributed by atoms with E-state index in [1.807, 2.05) is 42.5 Å². The summed E-state index contributed by atoms with van der Waals surface area (Å²) in [6, 6.07) is 13.6. The monoisotopic (exact) mass is 361 g/mol. The Morgan fingerprint density at radius 3 is 2.52 bits per heavy atom. The van der Waals surface area contributed by atoms with Gasteiger partial charge < -0.3 is 14.8 Å². The maximum Gasteiger partial charge on any atom is 0.161 e. The molecule has 7 nitrogen and oxygen atoms in total. The van der Waals surface area contributed by atoms with Gasteiger partial charge in [0, 0.05) is 36.6 Å². The molecule has 0 atom stereocenters. The van der Waals surface area contributed by atoms with Crippen molar-refractivity contribution in [2.45, 2.75) is 6.54 Å². The van der Waals surface area contributed by atoms with E-state index in [0.717, 1.165) is 28.3 Å². The third kappa shape index (κ3) is 3.39. The molecular weight excluding hydrogens is 342 g/mol. The van der Waals surface area contributed by atoms with Gasteiger partial charge in [0.05, 0.1) is 26.1 Å². The minimum atomic E-state index is 0.606. The molecule has 3 heterocycles. The van der Waals surface area contributed by atoms with Crippen LogP contribution < -0.4 is 14.8 Å². The SMILES string of the molecule is COc1ccc(CNc2cc(-c3ccncc3)nc3ccnn23)cc1OC. The van der Waals surface area contributed by atoms with E-state index in [9.17, 15) is 0 Å². The molecule has 0 unspecified atom stereocenters. The fourth-order valence-corrected chi connectivity index (χ4v) is 2.89.